The van der Waals surface area contributed by atoms with Gasteiger partial charge in [0.1, 0.15) is 13.2 Å². The third-order valence-electron chi connectivity index (χ3n) is 4.93. The predicted molar refractivity (Wildman–Crippen MR) is 120 cm³/mol. The van der Waals surface area contributed by atoms with E-state index in [0.717, 1.165) is 38.5 Å². The van der Waals surface area contributed by atoms with Gasteiger partial charge >= 0.3 is 0 Å². The van der Waals surface area contributed by atoms with Crippen LogP contribution in [0.4, 0.5) is 5.69 Å². The molecule has 1 fully saturated rings. The SMILES string of the molecule is O=C(NC(=NCCN1CCOCC1)Nc1ccc2c(c1)OCCO2)c1ccc(Cl)cc1. The van der Waals surface area contributed by atoms with Crippen molar-refractivity contribution < 1.29 is 19.0 Å². The molecule has 1 saturated heterocycles. The molecule has 0 bridgehead atoms. The summed E-state index contributed by atoms with van der Waals surface area (Å²) in [4.78, 5) is 19.6. The van der Waals surface area contributed by atoms with E-state index in [1.807, 2.05) is 18.2 Å². The molecule has 0 radical (unpaired) electrons. The summed E-state index contributed by atoms with van der Waals surface area (Å²) in [7, 11) is 0. The molecular formula is C22H25ClN4O4. The number of guanidine groups is 1. The van der Waals surface area contributed by atoms with Crippen LogP contribution < -0.4 is 20.1 Å². The van der Waals surface area contributed by atoms with Crippen molar-refractivity contribution in [1.29, 1.82) is 0 Å². The second-order valence-electron chi connectivity index (χ2n) is 7.13. The molecule has 0 saturated carbocycles. The van der Waals surface area contributed by atoms with Gasteiger partial charge in [-0.05, 0) is 36.4 Å². The zero-order valence-electron chi connectivity index (χ0n) is 17.1. The van der Waals surface area contributed by atoms with Crippen LogP contribution in [-0.4, -0.2) is 69.4 Å². The molecule has 0 atom stereocenters. The lowest BCUT2D eigenvalue weighted by molar-refractivity contribution is 0.0394. The summed E-state index contributed by atoms with van der Waals surface area (Å²) >= 11 is 5.93. The minimum Gasteiger partial charge on any atom is -0.486 e. The number of hydrogen-bond acceptors (Lipinski definition) is 6. The van der Waals surface area contributed by atoms with Gasteiger partial charge in [0.15, 0.2) is 11.5 Å². The lowest BCUT2D eigenvalue weighted by atomic mass is 10.2. The first-order valence-electron chi connectivity index (χ1n) is 10.3. The zero-order valence-corrected chi connectivity index (χ0v) is 17.9. The van der Waals surface area contributed by atoms with Crippen LogP contribution in [-0.2, 0) is 4.74 Å². The molecule has 2 N–H and O–H groups in total. The third-order valence-corrected chi connectivity index (χ3v) is 5.19. The van der Waals surface area contributed by atoms with Gasteiger partial charge in [0.05, 0.1) is 19.8 Å². The van der Waals surface area contributed by atoms with Crippen molar-refractivity contribution >= 4 is 29.2 Å². The largest absolute Gasteiger partial charge is 0.486 e. The zero-order chi connectivity index (χ0) is 21.5. The molecule has 8 nitrogen and oxygen atoms in total. The van der Waals surface area contributed by atoms with Crippen LogP contribution in [0.2, 0.25) is 5.02 Å². The van der Waals surface area contributed by atoms with Crippen LogP contribution in [0.5, 0.6) is 11.5 Å². The highest BCUT2D eigenvalue weighted by Gasteiger charge is 2.15. The molecule has 0 aromatic heterocycles. The van der Waals surface area contributed by atoms with E-state index >= 15 is 0 Å². The Balaban J connectivity index is 1.46. The van der Waals surface area contributed by atoms with E-state index in [4.69, 9.17) is 25.8 Å². The summed E-state index contributed by atoms with van der Waals surface area (Å²) in [6.07, 6.45) is 0. The molecule has 0 aliphatic carbocycles. The molecular weight excluding hydrogens is 420 g/mol. The average Bonchev–Trinajstić information content (AvgIpc) is 2.80. The Labute approximate surface area is 186 Å². The van der Waals surface area contributed by atoms with Gasteiger partial charge in [-0.2, -0.15) is 0 Å². The van der Waals surface area contributed by atoms with Crippen LogP contribution in [0.1, 0.15) is 10.4 Å². The minimum absolute atomic E-state index is 0.271. The third kappa shape index (κ3) is 6.10. The van der Waals surface area contributed by atoms with Gasteiger partial charge in [0.2, 0.25) is 5.96 Å². The molecule has 2 aliphatic heterocycles. The van der Waals surface area contributed by atoms with Crippen LogP contribution in [0, 0.1) is 0 Å². The molecule has 2 aromatic carbocycles. The van der Waals surface area contributed by atoms with E-state index in [1.54, 1.807) is 24.3 Å². The molecule has 0 spiro atoms. The highest BCUT2D eigenvalue weighted by Crippen LogP contribution is 2.32. The summed E-state index contributed by atoms with van der Waals surface area (Å²) in [6, 6.07) is 12.2. The summed E-state index contributed by atoms with van der Waals surface area (Å²) < 4.78 is 16.6. The number of fused-ring (bicyclic) bond motifs is 1. The van der Waals surface area contributed by atoms with Gasteiger partial charge in [-0.15, -0.1) is 0 Å². The Bertz CT molecular complexity index is 930. The number of aliphatic imine (C=N–C) groups is 1. The van der Waals surface area contributed by atoms with Crippen LogP contribution in [0.3, 0.4) is 0 Å². The fraction of sp³-hybridized carbons (Fsp3) is 0.364. The van der Waals surface area contributed by atoms with Crippen molar-refractivity contribution in [2.45, 2.75) is 0 Å². The molecule has 2 aliphatic rings. The first kappa shape index (κ1) is 21.4. The Morgan fingerprint density at radius 3 is 2.52 bits per heavy atom. The number of anilines is 1. The number of carbonyl (C=O) groups excluding carboxylic acids is 1. The van der Waals surface area contributed by atoms with Gasteiger partial charge in [0.25, 0.3) is 5.91 Å². The molecule has 2 aromatic rings. The van der Waals surface area contributed by atoms with Gasteiger partial charge in [0, 0.05) is 42.0 Å². The summed E-state index contributed by atoms with van der Waals surface area (Å²) in [5.74, 6) is 1.46. The van der Waals surface area contributed by atoms with E-state index in [9.17, 15) is 4.79 Å². The molecule has 0 unspecified atom stereocenters. The fourth-order valence-electron chi connectivity index (χ4n) is 3.28. The minimum atomic E-state index is -0.271. The summed E-state index contributed by atoms with van der Waals surface area (Å²) in [5.41, 5.74) is 1.24. The highest BCUT2D eigenvalue weighted by atomic mass is 35.5. The number of nitrogens with one attached hydrogen (secondary N) is 2. The van der Waals surface area contributed by atoms with E-state index < -0.39 is 0 Å². The van der Waals surface area contributed by atoms with E-state index in [1.165, 1.54) is 0 Å². The van der Waals surface area contributed by atoms with E-state index in [0.29, 0.717) is 47.8 Å². The Morgan fingerprint density at radius 1 is 1.00 bits per heavy atom. The van der Waals surface area contributed by atoms with Gasteiger partial charge in [-0.3, -0.25) is 20.0 Å². The van der Waals surface area contributed by atoms with Crippen molar-refractivity contribution in [3.8, 4) is 11.5 Å². The monoisotopic (exact) mass is 444 g/mol. The Kier molecular flexibility index (Phi) is 7.24. The number of nitrogens with zero attached hydrogens (tertiary/aromatic N) is 2. The Hall–Kier alpha value is -2.81. The number of amides is 1. The number of ether oxygens (including phenoxy) is 3. The van der Waals surface area contributed by atoms with Crippen molar-refractivity contribution in [1.82, 2.24) is 10.2 Å². The van der Waals surface area contributed by atoms with E-state index in [2.05, 4.69) is 20.5 Å². The van der Waals surface area contributed by atoms with Crippen molar-refractivity contribution in [2.24, 2.45) is 4.99 Å². The number of morpholine rings is 1. The second kappa shape index (κ2) is 10.5. The lowest BCUT2D eigenvalue weighted by Gasteiger charge is -2.25. The van der Waals surface area contributed by atoms with Gasteiger partial charge in [-0.1, -0.05) is 11.6 Å². The maximum Gasteiger partial charge on any atom is 0.257 e. The number of rotatable bonds is 5. The van der Waals surface area contributed by atoms with Gasteiger partial charge in [-0.25, -0.2) is 0 Å². The Morgan fingerprint density at radius 2 is 1.74 bits per heavy atom. The number of carbonyl (C=O) groups is 1. The van der Waals surface area contributed by atoms with Crippen molar-refractivity contribution in [3.05, 3.63) is 53.1 Å². The molecule has 1 amide bonds. The highest BCUT2D eigenvalue weighted by molar-refractivity contribution is 6.30. The van der Waals surface area contributed by atoms with Crippen molar-refractivity contribution in [3.63, 3.8) is 0 Å². The summed E-state index contributed by atoms with van der Waals surface area (Å²) in [5, 5.41) is 6.63. The average molecular weight is 445 g/mol. The first-order chi connectivity index (χ1) is 15.2. The standard InChI is InChI=1S/C22H25ClN4O4/c23-17-3-1-16(2-4-17)21(28)26-22(24-7-8-27-9-11-29-12-10-27)25-18-5-6-19-20(15-18)31-14-13-30-19/h1-6,15H,7-14H2,(H2,24,25,26,28). The summed E-state index contributed by atoms with van der Waals surface area (Å²) in [6.45, 7) is 5.60. The number of hydrogen-bond donors (Lipinski definition) is 2. The van der Waals surface area contributed by atoms with Crippen LogP contribution in [0.15, 0.2) is 47.5 Å². The molecule has 31 heavy (non-hydrogen) atoms. The van der Waals surface area contributed by atoms with Crippen LogP contribution >= 0.6 is 11.6 Å². The molecule has 164 valence electrons. The predicted octanol–water partition coefficient (Wildman–Crippen LogP) is 2.64. The van der Waals surface area contributed by atoms with E-state index in [-0.39, 0.29) is 5.91 Å². The van der Waals surface area contributed by atoms with Crippen molar-refractivity contribution in [2.75, 3.05) is 57.9 Å². The first-order valence-corrected chi connectivity index (χ1v) is 10.6. The maximum absolute atomic E-state index is 12.7. The topological polar surface area (TPSA) is 84.4 Å². The molecule has 9 heteroatoms. The lowest BCUT2D eigenvalue weighted by Crippen LogP contribution is -2.39. The van der Waals surface area contributed by atoms with Crippen LogP contribution in [0.25, 0.3) is 0 Å². The smallest absolute Gasteiger partial charge is 0.257 e. The molecule has 2 heterocycles. The second-order valence-corrected chi connectivity index (χ2v) is 7.57. The number of halogens is 1. The fourth-order valence-corrected chi connectivity index (χ4v) is 3.40. The molecule has 4 rings (SSSR count). The normalized spacial score (nSPS) is 16.6. The number of benzene rings is 2. The quantitative estimate of drug-likeness (QED) is 0.545. The van der Waals surface area contributed by atoms with Gasteiger partial charge < -0.3 is 19.5 Å². The maximum atomic E-state index is 12.7.